The molecule has 4 heteroatoms. The van der Waals surface area contributed by atoms with Crippen molar-refractivity contribution in [2.45, 2.75) is 50.2 Å². The van der Waals surface area contributed by atoms with Crippen LogP contribution in [0, 0.1) is 0 Å². The first kappa shape index (κ1) is 12.7. The molecule has 2 saturated heterocycles. The third kappa shape index (κ3) is 1.80. The van der Waals surface area contributed by atoms with Crippen LogP contribution >= 0.6 is 0 Å². The van der Waals surface area contributed by atoms with E-state index in [0.29, 0.717) is 11.6 Å². The topological polar surface area (TPSA) is 18.5 Å². The van der Waals surface area contributed by atoms with Crippen LogP contribution in [0.2, 0.25) is 11.6 Å². The molecule has 0 aromatic rings. The standard InChI is InChI=1S/C10H20BO2.Li/c1-12-11(13-2)9-5-3-6-10(11)8-4-7-9;/h9-10H,3-8H2,1-2H3;/q-1;+1. The average Bonchev–Trinajstić information content (AvgIpc) is 2.16. The summed E-state index contributed by atoms with van der Waals surface area (Å²) in [6.45, 7) is -0.924. The molecule has 2 fully saturated rings. The van der Waals surface area contributed by atoms with E-state index < -0.39 is 6.55 Å². The van der Waals surface area contributed by atoms with Gasteiger partial charge in [0.05, 0.1) is 0 Å². The Morgan fingerprint density at radius 3 is 1.43 bits per heavy atom. The second-order valence-corrected chi connectivity index (χ2v) is 4.69. The van der Waals surface area contributed by atoms with E-state index in [-0.39, 0.29) is 18.9 Å². The van der Waals surface area contributed by atoms with Crippen LogP contribution in [0.25, 0.3) is 0 Å². The maximum Gasteiger partial charge on any atom is 1.00 e. The molecule has 0 saturated carbocycles. The maximum absolute atomic E-state index is 5.74. The van der Waals surface area contributed by atoms with Crippen LogP contribution in [0.15, 0.2) is 0 Å². The summed E-state index contributed by atoms with van der Waals surface area (Å²) in [7, 11) is 3.67. The molecule has 76 valence electrons. The van der Waals surface area contributed by atoms with Crippen LogP contribution in [0.3, 0.4) is 0 Å². The van der Waals surface area contributed by atoms with Crippen molar-refractivity contribution in [3.63, 3.8) is 0 Å². The van der Waals surface area contributed by atoms with Gasteiger partial charge >= 0.3 is 18.9 Å². The quantitative estimate of drug-likeness (QED) is 0.563. The van der Waals surface area contributed by atoms with Gasteiger partial charge in [0.1, 0.15) is 0 Å². The summed E-state index contributed by atoms with van der Waals surface area (Å²) in [4.78, 5) is 0. The van der Waals surface area contributed by atoms with E-state index in [2.05, 4.69) is 0 Å². The first-order chi connectivity index (χ1) is 6.33. The SMILES string of the molecule is CO[B-]1(OC)C2CCCC1CCC2.[Li+]. The summed E-state index contributed by atoms with van der Waals surface area (Å²) in [5, 5.41) is 0. The summed E-state index contributed by atoms with van der Waals surface area (Å²) in [6.07, 6.45) is 8.03. The van der Waals surface area contributed by atoms with E-state index in [4.69, 9.17) is 9.31 Å². The normalized spacial score (nSPS) is 34.7. The first-order valence-corrected chi connectivity index (χ1v) is 5.59. The van der Waals surface area contributed by atoms with Gasteiger partial charge in [0.15, 0.2) is 0 Å². The van der Waals surface area contributed by atoms with Gasteiger partial charge in [0, 0.05) is 0 Å². The molecule has 2 aliphatic rings. The van der Waals surface area contributed by atoms with Gasteiger partial charge in [0.25, 0.3) is 0 Å². The van der Waals surface area contributed by atoms with Crippen LogP contribution in [0.4, 0.5) is 0 Å². The molecule has 2 rings (SSSR count). The van der Waals surface area contributed by atoms with Crippen LogP contribution in [0.1, 0.15) is 38.5 Å². The number of rotatable bonds is 2. The van der Waals surface area contributed by atoms with E-state index in [0.717, 1.165) is 0 Å². The Morgan fingerprint density at radius 1 is 0.857 bits per heavy atom. The summed E-state index contributed by atoms with van der Waals surface area (Å²) >= 11 is 0. The molecule has 2 nitrogen and oxygen atoms in total. The van der Waals surface area contributed by atoms with E-state index in [9.17, 15) is 0 Å². The average molecular weight is 190 g/mol. The summed E-state index contributed by atoms with van der Waals surface area (Å²) in [6, 6.07) is 0. The van der Waals surface area contributed by atoms with E-state index in [1.165, 1.54) is 38.5 Å². The molecule has 0 aromatic heterocycles. The Labute approximate surface area is 99.3 Å². The van der Waals surface area contributed by atoms with Crippen molar-refractivity contribution < 1.29 is 28.2 Å². The van der Waals surface area contributed by atoms with Crippen LogP contribution < -0.4 is 18.9 Å². The minimum atomic E-state index is -0.924. The van der Waals surface area contributed by atoms with E-state index in [1.807, 2.05) is 14.2 Å². The molecule has 0 radical (unpaired) electrons. The van der Waals surface area contributed by atoms with Crippen LogP contribution in [0.5, 0.6) is 0 Å². The van der Waals surface area contributed by atoms with E-state index >= 15 is 0 Å². The minimum Gasteiger partial charge on any atom is -0.570 e. The fourth-order valence-corrected chi connectivity index (χ4v) is 3.75. The van der Waals surface area contributed by atoms with E-state index in [1.54, 1.807) is 0 Å². The predicted octanol–water partition coefficient (Wildman–Crippen LogP) is -0.166. The number of hydrogen-bond donors (Lipinski definition) is 0. The molecule has 0 spiro atoms. The zero-order valence-electron chi connectivity index (χ0n) is 9.79. The molecule has 0 amide bonds. The van der Waals surface area contributed by atoms with Crippen molar-refractivity contribution in [1.29, 1.82) is 0 Å². The van der Waals surface area contributed by atoms with Crippen molar-refractivity contribution in [2.24, 2.45) is 0 Å². The molecule has 0 atom stereocenters. The van der Waals surface area contributed by atoms with Gasteiger partial charge in [-0.1, -0.05) is 38.5 Å². The van der Waals surface area contributed by atoms with Gasteiger partial charge in [-0.3, -0.25) is 0 Å². The zero-order chi connectivity index (χ0) is 9.31. The Hall–Kier alpha value is 0.582. The molecular weight excluding hydrogens is 170 g/mol. The molecule has 2 aliphatic heterocycles. The monoisotopic (exact) mass is 190 g/mol. The summed E-state index contributed by atoms with van der Waals surface area (Å²) in [5.41, 5.74) is 0. The second-order valence-electron chi connectivity index (χ2n) is 4.69. The van der Waals surface area contributed by atoms with Crippen molar-refractivity contribution in [3.8, 4) is 0 Å². The van der Waals surface area contributed by atoms with Crippen LogP contribution in [-0.4, -0.2) is 20.8 Å². The van der Waals surface area contributed by atoms with Crippen LogP contribution in [-0.2, 0) is 9.31 Å². The molecule has 0 N–H and O–H groups in total. The van der Waals surface area contributed by atoms with Crippen molar-refractivity contribution >= 4 is 6.55 Å². The van der Waals surface area contributed by atoms with Gasteiger partial charge in [0.2, 0.25) is 6.55 Å². The summed E-state index contributed by atoms with van der Waals surface area (Å²) < 4.78 is 11.5. The Morgan fingerprint density at radius 2 is 1.21 bits per heavy atom. The van der Waals surface area contributed by atoms with Gasteiger partial charge < -0.3 is 9.31 Å². The van der Waals surface area contributed by atoms with Gasteiger partial charge in [-0.05, 0) is 14.2 Å². The second kappa shape index (κ2) is 5.08. The maximum atomic E-state index is 5.74. The molecule has 0 aromatic carbocycles. The molecular formula is C10H20BLiO2. The Balaban J connectivity index is 0.000000980. The molecule has 2 heterocycles. The van der Waals surface area contributed by atoms with Gasteiger partial charge in [-0.25, -0.2) is 0 Å². The zero-order valence-corrected chi connectivity index (χ0v) is 9.79. The third-order valence-electron chi connectivity index (χ3n) is 4.35. The fourth-order valence-electron chi connectivity index (χ4n) is 3.75. The first-order valence-electron chi connectivity index (χ1n) is 5.59. The third-order valence-corrected chi connectivity index (χ3v) is 4.35. The smallest absolute Gasteiger partial charge is 0.570 e. The molecule has 2 bridgehead atoms. The summed E-state index contributed by atoms with van der Waals surface area (Å²) in [5.74, 6) is 1.42. The van der Waals surface area contributed by atoms with Crippen molar-refractivity contribution in [3.05, 3.63) is 0 Å². The predicted molar refractivity (Wildman–Crippen MR) is 55.0 cm³/mol. The van der Waals surface area contributed by atoms with Crippen molar-refractivity contribution in [2.75, 3.05) is 14.2 Å². The number of hydrogen-bond acceptors (Lipinski definition) is 2. The molecule has 0 aliphatic carbocycles. The molecule has 14 heavy (non-hydrogen) atoms. The van der Waals surface area contributed by atoms with Gasteiger partial charge in [-0.15, -0.1) is 11.6 Å². The van der Waals surface area contributed by atoms with Gasteiger partial charge in [-0.2, -0.15) is 0 Å². The van der Waals surface area contributed by atoms with Crippen molar-refractivity contribution in [1.82, 2.24) is 0 Å². The fraction of sp³-hybridized carbons (Fsp3) is 1.00. The Kier molecular flexibility index (Phi) is 4.59. The minimum absolute atomic E-state index is 0. The number of fused-ring (bicyclic) bond motifs is 2. The molecule has 0 unspecified atom stereocenters. The largest absolute Gasteiger partial charge is 1.00 e. The Bertz CT molecular complexity index is 161.